The van der Waals surface area contributed by atoms with Gasteiger partial charge in [0, 0.05) is 6.54 Å². The van der Waals surface area contributed by atoms with Crippen LogP contribution in [0.15, 0.2) is 0 Å². The van der Waals surface area contributed by atoms with E-state index in [1.54, 1.807) is 0 Å². The normalized spacial score (nSPS) is 28.3. The van der Waals surface area contributed by atoms with Crippen molar-refractivity contribution in [3.05, 3.63) is 0 Å². The molecule has 1 saturated heterocycles. The van der Waals surface area contributed by atoms with Crippen molar-refractivity contribution in [1.29, 1.82) is 0 Å². The predicted octanol–water partition coefficient (Wildman–Crippen LogP) is 3.46. The molecule has 0 bridgehead atoms. The maximum atomic E-state index is 13.1. The second kappa shape index (κ2) is 8.61. The van der Waals surface area contributed by atoms with E-state index in [2.05, 4.69) is 45.3 Å². The van der Waals surface area contributed by atoms with E-state index in [1.807, 2.05) is 0 Å². The number of carbonyl (C=O) groups excluding carboxylic acids is 3. The monoisotopic (exact) mass is 379 g/mol. The second-order valence-corrected chi connectivity index (χ2v) is 9.48. The Morgan fingerprint density at radius 3 is 2.59 bits per heavy atom. The molecule has 2 aliphatic rings. The highest BCUT2D eigenvalue weighted by Crippen LogP contribution is 2.46. The topological polar surface area (TPSA) is 78.5 Å². The summed E-state index contributed by atoms with van der Waals surface area (Å²) in [6.45, 7) is 11.1. The van der Waals surface area contributed by atoms with Crippen LogP contribution in [0.5, 0.6) is 0 Å². The standard InChI is InChI=1S/C21H37N3O3/c1-6-8-9-16(7-2)12-22-17(25)13-24-18(26)21(23-19(24)27)11-15(3)10-20(4,5)14-21/h15-16H,6-14H2,1-5H3,(H,22,25)(H,23,27). The van der Waals surface area contributed by atoms with Gasteiger partial charge in [0.2, 0.25) is 5.91 Å². The highest BCUT2D eigenvalue weighted by Gasteiger charge is 2.56. The molecule has 0 aromatic rings. The van der Waals surface area contributed by atoms with Crippen LogP contribution in [-0.4, -0.2) is 41.4 Å². The van der Waals surface area contributed by atoms with Crippen LogP contribution in [-0.2, 0) is 9.59 Å². The fourth-order valence-corrected chi connectivity index (χ4v) is 5.05. The maximum Gasteiger partial charge on any atom is 0.325 e. The lowest BCUT2D eigenvalue weighted by atomic mass is 9.64. The fraction of sp³-hybridized carbons (Fsp3) is 0.857. The van der Waals surface area contributed by atoms with E-state index in [0.29, 0.717) is 31.2 Å². The van der Waals surface area contributed by atoms with Gasteiger partial charge in [0.05, 0.1) is 0 Å². The van der Waals surface area contributed by atoms with Crippen molar-refractivity contribution < 1.29 is 14.4 Å². The Bertz CT molecular complexity index is 575. The van der Waals surface area contributed by atoms with E-state index in [0.717, 1.165) is 37.0 Å². The van der Waals surface area contributed by atoms with Crippen LogP contribution >= 0.6 is 0 Å². The van der Waals surface area contributed by atoms with Gasteiger partial charge >= 0.3 is 6.03 Å². The molecule has 0 radical (unpaired) electrons. The molecule has 6 heteroatoms. The van der Waals surface area contributed by atoms with Crippen molar-refractivity contribution in [2.45, 2.75) is 85.1 Å². The Balaban J connectivity index is 1.96. The van der Waals surface area contributed by atoms with Crippen LogP contribution in [0, 0.1) is 17.3 Å². The molecule has 3 atom stereocenters. The van der Waals surface area contributed by atoms with Gasteiger partial charge in [-0.2, -0.15) is 0 Å². The smallest absolute Gasteiger partial charge is 0.325 e. The van der Waals surface area contributed by atoms with E-state index >= 15 is 0 Å². The number of amides is 4. The Morgan fingerprint density at radius 1 is 1.30 bits per heavy atom. The molecule has 4 amide bonds. The zero-order valence-electron chi connectivity index (χ0n) is 17.7. The van der Waals surface area contributed by atoms with Gasteiger partial charge in [-0.1, -0.05) is 53.9 Å². The first-order chi connectivity index (χ1) is 12.6. The average Bonchev–Trinajstić information content (AvgIpc) is 2.76. The summed E-state index contributed by atoms with van der Waals surface area (Å²) in [7, 11) is 0. The maximum absolute atomic E-state index is 13.1. The molecule has 1 saturated carbocycles. The van der Waals surface area contributed by atoms with Gasteiger partial charge in [0.1, 0.15) is 12.1 Å². The van der Waals surface area contributed by atoms with E-state index in [1.165, 1.54) is 0 Å². The summed E-state index contributed by atoms with van der Waals surface area (Å²) in [6.07, 6.45) is 6.71. The molecule has 6 nitrogen and oxygen atoms in total. The summed E-state index contributed by atoms with van der Waals surface area (Å²) in [4.78, 5) is 39.0. The van der Waals surface area contributed by atoms with E-state index in [-0.39, 0.29) is 23.8 Å². The summed E-state index contributed by atoms with van der Waals surface area (Å²) in [5, 5.41) is 5.84. The summed E-state index contributed by atoms with van der Waals surface area (Å²) in [5.74, 6) is 0.313. The molecule has 0 aromatic carbocycles. The van der Waals surface area contributed by atoms with Crippen molar-refractivity contribution in [2.24, 2.45) is 17.3 Å². The molecule has 2 rings (SSSR count). The number of hydrogen-bond acceptors (Lipinski definition) is 3. The van der Waals surface area contributed by atoms with Crippen molar-refractivity contribution in [3.63, 3.8) is 0 Å². The number of rotatable bonds is 8. The zero-order chi connectivity index (χ0) is 20.2. The van der Waals surface area contributed by atoms with Gasteiger partial charge in [-0.3, -0.25) is 14.5 Å². The molecule has 1 aliphatic carbocycles. The summed E-state index contributed by atoms with van der Waals surface area (Å²) in [6, 6.07) is -0.432. The van der Waals surface area contributed by atoms with Gasteiger partial charge < -0.3 is 10.6 Å². The molecule has 2 N–H and O–H groups in total. The predicted molar refractivity (Wildman–Crippen MR) is 106 cm³/mol. The first-order valence-electron chi connectivity index (χ1n) is 10.5. The van der Waals surface area contributed by atoms with Crippen LogP contribution in [0.2, 0.25) is 0 Å². The number of imide groups is 1. The third-order valence-corrected chi connectivity index (χ3v) is 6.06. The number of unbranched alkanes of at least 4 members (excludes halogenated alkanes) is 1. The lowest BCUT2D eigenvalue weighted by Gasteiger charge is -2.43. The lowest BCUT2D eigenvalue weighted by molar-refractivity contribution is -0.137. The van der Waals surface area contributed by atoms with Crippen LogP contribution in [0.25, 0.3) is 0 Å². The Hall–Kier alpha value is -1.59. The number of urea groups is 1. The average molecular weight is 380 g/mol. The summed E-state index contributed by atoms with van der Waals surface area (Å²) in [5.41, 5.74) is -0.849. The molecule has 2 fully saturated rings. The highest BCUT2D eigenvalue weighted by atomic mass is 16.2. The molecular weight excluding hydrogens is 342 g/mol. The van der Waals surface area contributed by atoms with E-state index < -0.39 is 11.6 Å². The molecule has 0 aromatic heterocycles. The molecule has 3 unspecified atom stereocenters. The van der Waals surface area contributed by atoms with Crippen molar-refractivity contribution >= 4 is 17.8 Å². The van der Waals surface area contributed by atoms with E-state index in [4.69, 9.17) is 0 Å². The highest BCUT2D eigenvalue weighted by molar-refractivity contribution is 6.09. The molecule has 1 spiro atoms. The van der Waals surface area contributed by atoms with Gasteiger partial charge in [0.25, 0.3) is 5.91 Å². The van der Waals surface area contributed by atoms with Crippen molar-refractivity contribution in [2.75, 3.05) is 13.1 Å². The van der Waals surface area contributed by atoms with Gasteiger partial charge in [-0.25, -0.2) is 4.79 Å². The number of nitrogens with zero attached hydrogens (tertiary/aromatic N) is 1. The van der Waals surface area contributed by atoms with Gasteiger partial charge in [-0.05, 0) is 42.9 Å². The van der Waals surface area contributed by atoms with Crippen LogP contribution < -0.4 is 10.6 Å². The first-order valence-corrected chi connectivity index (χ1v) is 10.5. The van der Waals surface area contributed by atoms with Gasteiger partial charge in [-0.15, -0.1) is 0 Å². The lowest BCUT2D eigenvalue weighted by Crippen LogP contribution is -2.54. The fourth-order valence-electron chi connectivity index (χ4n) is 5.05. The van der Waals surface area contributed by atoms with Crippen LogP contribution in [0.4, 0.5) is 4.79 Å². The molecule has 154 valence electrons. The van der Waals surface area contributed by atoms with Crippen molar-refractivity contribution in [3.8, 4) is 0 Å². The Kier molecular flexibility index (Phi) is 6.92. The molecule has 1 heterocycles. The number of hydrogen-bond donors (Lipinski definition) is 2. The minimum atomic E-state index is -0.842. The number of nitrogens with one attached hydrogen (secondary N) is 2. The van der Waals surface area contributed by atoms with Crippen molar-refractivity contribution in [1.82, 2.24) is 15.5 Å². The number of carbonyl (C=O) groups is 3. The minimum absolute atomic E-state index is 0.00744. The zero-order valence-corrected chi connectivity index (χ0v) is 17.7. The van der Waals surface area contributed by atoms with Gasteiger partial charge in [0.15, 0.2) is 0 Å². The largest absolute Gasteiger partial charge is 0.354 e. The molecule has 1 aliphatic heterocycles. The summed E-state index contributed by atoms with van der Waals surface area (Å²) >= 11 is 0. The Labute approximate surface area is 163 Å². The summed E-state index contributed by atoms with van der Waals surface area (Å²) < 4.78 is 0. The third kappa shape index (κ3) is 5.23. The Morgan fingerprint density at radius 2 is 2.00 bits per heavy atom. The third-order valence-electron chi connectivity index (χ3n) is 6.06. The molecular formula is C21H37N3O3. The molecule has 27 heavy (non-hydrogen) atoms. The SMILES string of the molecule is CCCCC(CC)CNC(=O)CN1C(=O)NC2(CC(C)CC(C)(C)C2)C1=O. The minimum Gasteiger partial charge on any atom is -0.354 e. The van der Waals surface area contributed by atoms with E-state index in [9.17, 15) is 14.4 Å². The first kappa shape index (κ1) is 21.7. The van der Waals surface area contributed by atoms with Crippen LogP contribution in [0.3, 0.4) is 0 Å². The quantitative estimate of drug-likeness (QED) is 0.634. The second-order valence-electron chi connectivity index (χ2n) is 9.48. The van der Waals surface area contributed by atoms with Crippen LogP contribution in [0.1, 0.15) is 79.6 Å².